The highest BCUT2D eigenvalue weighted by molar-refractivity contribution is 7.99. The number of hydrogen-bond donors (Lipinski definition) is 1. The molecule has 2 aromatic rings. The van der Waals surface area contributed by atoms with E-state index in [9.17, 15) is 4.79 Å². The minimum absolute atomic E-state index is 0.0384. The van der Waals surface area contributed by atoms with Crippen molar-refractivity contribution >= 4 is 23.5 Å². The predicted octanol–water partition coefficient (Wildman–Crippen LogP) is 4.14. The van der Waals surface area contributed by atoms with Crippen LogP contribution in [0, 0.1) is 0 Å². The monoisotopic (exact) mass is 386 g/mol. The number of nitrogens with zero attached hydrogens (tertiary/aromatic N) is 1. The number of anilines is 1. The van der Waals surface area contributed by atoms with Crippen molar-refractivity contribution in [1.82, 2.24) is 4.90 Å². The molecule has 1 saturated heterocycles. The molecule has 1 N–H and O–H groups in total. The standard InChI is InChI=1S/C20H22N2O4S/c1-2-24-16-6-4-15(5-7-16)21-20(23)22-9-12-27-19(22)14-3-8-17-18(13-14)26-11-10-25-17/h3-8,13,19H,2,9-12H2,1H3,(H,21,23). The van der Waals surface area contributed by atoms with Gasteiger partial charge in [-0.25, -0.2) is 4.79 Å². The van der Waals surface area contributed by atoms with E-state index in [-0.39, 0.29) is 11.4 Å². The van der Waals surface area contributed by atoms with E-state index in [2.05, 4.69) is 5.32 Å². The Bertz CT molecular complexity index is 812. The highest BCUT2D eigenvalue weighted by Crippen LogP contribution is 2.41. The molecule has 0 bridgehead atoms. The van der Waals surface area contributed by atoms with Crippen LogP contribution in [0.15, 0.2) is 42.5 Å². The Kier molecular flexibility index (Phi) is 5.29. The van der Waals surface area contributed by atoms with Gasteiger partial charge in [-0.05, 0) is 48.9 Å². The number of amides is 2. The molecule has 2 aromatic carbocycles. The van der Waals surface area contributed by atoms with Gasteiger partial charge in [-0.15, -0.1) is 11.8 Å². The quantitative estimate of drug-likeness (QED) is 0.856. The molecule has 2 heterocycles. The first-order valence-corrected chi connectivity index (χ1v) is 10.1. The van der Waals surface area contributed by atoms with Gasteiger partial charge in [0.05, 0.1) is 6.61 Å². The fourth-order valence-electron chi connectivity index (χ4n) is 3.16. The van der Waals surface area contributed by atoms with Crippen LogP contribution in [0.25, 0.3) is 0 Å². The lowest BCUT2D eigenvalue weighted by atomic mass is 10.1. The Hall–Kier alpha value is -2.54. The summed E-state index contributed by atoms with van der Waals surface area (Å²) in [5, 5.41) is 2.94. The maximum Gasteiger partial charge on any atom is 0.323 e. The van der Waals surface area contributed by atoms with Gasteiger partial charge in [0.25, 0.3) is 0 Å². The summed E-state index contributed by atoms with van der Waals surface area (Å²) < 4.78 is 16.7. The van der Waals surface area contributed by atoms with Crippen molar-refractivity contribution in [2.45, 2.75) is 12.3 Å². The lowest BCUT2D eigenvalue weighted by Crippen LogP contribution is -2.34. The first kappa shape index (κ1) is 17.9. The largest absolute Gasteiger partial charge is 0.494 e. The molecule has 2 amide bonds. The number of benzene rings is 2. The number of carbonyl (C=O) groups is 1. The van der Waals surface area contributed by atoms with E-state index in [0.717, 1.165) is 34.3 Å². The molecular weight excluding hydrogens is 364 g/mol. The van der Waals surface area contributed by atoms with Crippen molar-refractivity contribution in [3.63, 3.8) is 0 Å². The molecule has 1 fully saturated rings. The average Bonchev–Trinajstić information content (AvgIpc) is 3.19. The zero-order valence-corrected chi connectivity index (χ0v) is 16.0. The first-order valence-electron chi connectivity index (χ1n) is 9.06. The first-order chi connectivity index (χ1) is 13.2. The summed E-state index contributed by atoms with van der Waals surface area (Å²) in [6, 6.07) is 13.2. The zero-order chi connectivity index (χ0) is 18.6. The maximum atomic E-state index is 12.8. The van der Waals surface area contributed by atoms with Gasteiger partial charge in [-0.2, -0.15) is 0 Å². The number of ether oxygens (including phenoxy) is 3. The maximum absolute atomic E-state index is 12.8. The summed E-state index contributed by atoms with van der Waals surface area (Å²) >= 11 is 1.75. The van der Waals surface area contributed by atoms with Crippen molar-refractivity contribution in [3.05, 3.63) is 48.0 Å². The molecule has 0 aliphatic carbocycles. The molecule has 142 valence electrons. The van der Waals surface area contributed by atoms with E-state index in [1.54, 1.807) is 11.8 Å². The number of hydrogen-bond acceptors (Lipinski definition) is 5. The van der Waals surface area contributed by atoms with Crippen molar-refractivity contribution < 1.29 is 19.0 Å². The topological polar surface area (TPSA) is 60.0 Å². The molecule has 6 nitrogen and oxygen atoms in total. The zero-order valence-electron chi connectivity index (χ0n) is 15.1. The molecule has 0 spiro atoms. The average molecular weight is 386 g/mol. The van der Waals surface area contributed by atoms with Crippen LogP contribution in [0.4, 0.5) is 10.5 Å². The number of thioether (sulfide) groups is 1. The van der Waals surface area contributed by atoms with E-state index in [1.165, 1.54) is 0 Å². The Morgan fingerprint density at radius 3 is 2.74 bits per heavy atom. The summed E-state index contributed by atoms with van der Waals surface area (Å²) in [5.74, 6) is 3.20. The van der Waals surface area contributed by atoms with Crippen LogP contribution in [0.2, 0.25) is 0 Å². The summed E-state index contributed by atoms with van der Waals surface area (Å²) in [7, 11) is 0. The van der Waals surface area contributed by atoms with Crippen molar-refractivity contribution in [2.75, 3.05) is 37.4 Å². The minimum Gasteiger partial charge on any atom is -0.494 e. The van der Waals surface area contributed by atoms with Gasteiger partial charge in [0, 0.05) is 18.0 Å². The summed E-state index contributed by atoms with van der Waals surface area (Å²) in [6.45, 7) is 4.39. The van der Waals surface area contributed by atoms with E-state index in [1.807, 2.05) is 54.3 Å². The van der Waals surface area contributed by atoms with Gasteiger partial charge in [0.2, 0.25) is 0 Å². The SMILES string of the molecule is CCOc1ccc(NC(=O)N2CCSC2c2ccc3c(c2)OCCO3)cc1. The second kappa shape index (κ2) is 8.00. The molecular formula is C20H22N2O4S. The Balaban J connectivity index is 1.46. The molecule has 27 heavy (non-hydrogen) atoms. The third kappa shape index (κ3) is 3.93. The van der Waals surface area contributed by atoms with E-state index >= 15 is 0 Å². The number of rotatable bonds is 4. The highest BCUT2D eigenvalue weighted by atomic mass is 32.2. The van der Waals surface area contributed by atoms with Crippen LogP contribution in [0.1, 0.15) is 17.9 Å². The molecule has 2 aliphatic rings. The van der Waals surface area contributed by atoms with Crippen LogP contribution < -0.4 is 19.5 Å². The molecule has 4 rings (SSSR count). The second-order valence-corrected chi connectivity index (χ2v) is 7.40. The normalized spacial score (nSPS) is 18.3. The van der Waals surface area contributed by atoms with Crippen molar-refractivity contribution in [1.29, 1.82) is 0 Å². The van der Waals surface area contributed by atoms with Gasteiger partial charge >= 0.3 is 6.03 Å². The van der Waals surface area contributed by atoms with Crippen LogP contribution in [-0.2, 0) is 0 Å². The highest BCUT2D eigenvalue weighted by Gasteiger charge is 2.31. The minimum atomic E-state index is -0.107. The third-order valence-corrected chi connectivity index (χ3v) is 5.68. The van der Waals surface area contributed by atoms with Crippen LogP contribution in [0.5, 0.6) is 17.2 Å². The Morgan fingerprint density at radius 1 is 1.19 bits per heavy atom. The lowest BCUT2D eigenvalue weighted by molar-refractivity contribution is 0.171. The molecule has 0 aromatic heterocycles. The Labute approximate surface area is 162 Å². The van der Waals surface area contributed by atoms with E-state index < -0.39 is 0 Å². The van der Waals surface area contributed by atoms with Gasteiger partial charge in [0.1, 0.15) is 24.3 Å². The molecule has 0 saturated carbocycles. The number of nitrogens with one attached hydrogen (secondary N) is 1. The van der Waals surface area contributed by atoms with E-state index in [0.29, 0.717) is 26.4 Å². The number of fused-ring (bicyclic) bond motifs is 1. The fourth-order valence-corrected chi connectivity index (χ4v) is 4.41. The third-order valence-electron chi connectivity index (χ3n) is 4.42. The lowest BCUT2D eigenvalue weighted by Gasteiger charge is -2.26. The smallest absolute Gasteiger partial charge is 0.323 e. The molecule has 1 atom stereocenters. The van der Waals surface area contributed by atoms with Gasteiger partial charge in [-0.1, -0.05) is 6.07 Å². The number of urea groups is 1. The van der Waals surface area contributed by atoms with Crippen LogP contribution >= 0.6 is 11.8 Å². The molecule has 7 heteroatoms. The van der Waals surface area contributed by atoms with Crippen molar-refractivity contribution in [3.8, 4) is 17.2 Å². The fraction of sp³-hybridized carbons (Fsp3) is 0.350. The summed E-state index contributed by atoms with van der Waals surface area (Å²) in [5.41, 5.74) is 1.80. The van der Waals surface area contributed by atoms with Crippen molar-refractivity contribution in [2.24, 2.45) is 0 Å². The Morgan fingerprint density at radius 2 is 1.96 bits per heavy atom. The van der Waals surface area contributed by atoms with Crippen LogP contribution in [0.3, 0.4) is 0 Å². The molecule has 1 unspecified atom stereocenters. The van der Waals surface area contributed by atoms with Gasteiger partial charge in [0.15, 0.2) is 11.5 Å². The van der Waals surface area contributed by atoms with E-state index in [4.69, 9.17) is 14.2 Å². The summed E-state index contributed by atoms with van der Waals surface area (Å²) in [6.07, 6.45) is 0. The molecule has 2 aliphatic heterocycles. The van der Waals surface area contributed by atoms with Gasteiger partial charge in [-0.3, -0.25) is 0 Å². The number of carbonyl (C=O) groups excluding carboxylic acids is 1. The summed E-state index contributed by atoms with van der Waals surface area (Å²) in [4.78, 5) is 14.7. The van der Waals surface area contributed by atoms with Gasteiger partial charge < -0.3 is 24.4 Å². The van der Waals surface area contributed by atoms with Crippen LogP contribution in [-0.4, -0.2) is 43.0 Å². The second-order valence-electron chi connectivity index (χ2n) is 6.21. The molecule has 0 radical (unpaired) electrons. The predicted molar refractivity (Wildman–Crippen MR) is 106 cm³/mol.